The first-order valence-corrected chi connectivity index (χ1v) is 7.48. The molecule has 1 rings (SSSR count). The zero-order valence-electron chi connectivity index (χ0n) is 12.0. The molecule has 0 aromatic heterocycles. The van der Waals surface area contributed by atoms with Crippen molar-refractivity contribution in [3.8, 4) is 0 Å². The highest BCUT2D eigenvalue weighted by molar-refractivity contribution is 5.23. The van der Waals surface area contributed by atoms with E-state index in [0.717, 1.165) is 18.4 Å². The lowest BCUT2D eigenvalue weighted by Crippen LogP contribution is -1.97. The summed E-state index contributed by atoms with van der Waals surface area (Å²) in [5.41, 5.74) is 2.30. The highest BCUT2D eigenvalue weighted by Crippen LogP contribution is 2.21. The van der Waals surface area contributed by atoms with Gasteiger partial charge in [-0.15, -0.1) is 0 Å². The van der Waals surface area contributed by atoms with Crippen molar-refractivity contribution in [1.29, 1.82) is 0 Å². The summed E-state index contributed by atoms with van der Waals surface area (Å²) in [5, 5.41) is 10.1. The van der Waals surface area contributed by atoms with Crippen molar-refractivity contribution in [2.24, 2.45) is 0 Å². The van der Waals surface area contributed by atoms with Crippen molar-refractivity contribution >= 4 is 0 Å². The molecule has 0 amide bonds. The van der Waals surface area contributed by atoms with E-state index < -0.39 is 0 Å². The molecule has 1 aromatic carbocycles. The molecular weight excluding hydrogens is 220 g/mol. The van der Waals surface area contributed by atoms with Gasteiger partial charge in [0.2, 0.25) is 0 Å². The Morgan fingerprint density at radius 3 is 2.33 bits per heavy atom. The number of hydrogen-bond acceptors (Lipinski definition) is 1. The number of unbranched alkanes of at least 4 members (excludes halogenated alkanes) is 6. The van der Waals surface area contributed by atoms with E-state index >= 15 is 0 Å². The van der Waals surface area contributed by atoms with Gasteiger partial charge in [-0.1, -0.05) is 81.7 Å². The van der Waals surface area contributed by atoms with Crippen LogP contribution in [0.15, 0.2) is 24.3 Å². The van der Waals surface area contributed by atoms with Gasteiger partial charge in [0.15, 0.2) is 0 Å². The molecule has 0 bridgehead atoms. The summed E-state index contributed by atoms with van der Waals surface area (Å²) in [6.07, 6.45) is 9.75. The monoisotopic (exact) mass is 248 g/mol. The number of rotatable bonds is 9. The molecule has 1 aromatic rings. The summed E-state index contributed by atoms with van der Waals surface area (Å²) in [6, 6.07) is 8.22. The Hall–Kier alpha value is -0.820. The van der Waals surface area contributed by atoms with Crippen molar-refractivity contribution in [3.63, 3.8) is 0 Å². The summed E-state index contributed by atoms with van der Waals surface area (Å²) in [5.74, 6) is 0. The third kappa shape index (κ3) is 6.20. The van der Waals surface area contributed by atoms with Gasteiger partial charge in [0.25, 0.3) is 0 Å². The summed E-state index contributed by atoms with van der Waals surface area (Å²) in [6.45, 7) is 4.32. The minimum Gasteiger partial charge on any atom is -0.388 e. The van der Waals surface area contributed by atoms with E-state index in [4.69, 9.17) is 0 Å². The second-order valence-electron chi connectivity index (χ2n) is 5.34. The van der Waals surface area contributed by atoms with Crippen molar-refractivity contribution in [3.05, 3.63) is 35.4 Å². The molecule has 1 atom stereocenters. The number of aliphatic hydroxyl groups excluding tert-OH is 1. The first-order chi connectivity index (χ1) is 8.74. The fourth-order valence-corrected chi connectivity index (χ4v) is 2.34. The van der Waals surface area contributed by atoms with Crippen LogP contribution < -0.4 is 0 Å². The normalized spacial score (nSPS) is 12.6. The third-order valence-electron chi connectivity index (χ3n) is 3.51. The Morgan fingerprint density at radius 2 is 1.67 bits per heavy atom. The largest absolute Gasteiger partial charge is 0.388 e. The fraction of sp³-hybridized carbons (Fsp3) is 0.647. The summed E-state index contributed by atoms with van der Waals surface area (Å²) < 4.78 is 0. The Kier molecular flexibility index (Phi) is 7.75. The van der Waals surface area contributed by atoms with Gasteiger partial charge in [0.05, 0.1) is 6.10 Å². The smallest absolute Gasteiger partial charge is 0.0790 e. The van der Waals surface area contributed by atoms with Crippen LogP contribution in [-0.4, -0.2) is 5.11 Å². The van der Waals surface area contributed by atoms with Crippen molar-refractivity contribution in [2.75, 3.05) is 0 Å². The van der Waals surface area contributed by atoms with Crippen LogP contribution in [0.25, 0.3) is 0 Å². The minimum atomic E-state index is -0.277. The van der Waals surface area contributed by atoms with Crippen molar-refractivity contribution < 1.29 is 5.11 Å². The Morgan fingerprint density at radius 1 is 1.00 bits per heavy atom. The Labute approximate surface area is 112 Å². The molecule has 0 fully saturated rings. The fourth-order valence-electron chi connectivity index (χ4n) is 2.34. The SMILES string of the molecule is CCCCCCCCCC(O)c1cccc(C)c1. The second-order valence-corrected chi connectivity index (χ2v) is 5.34. The van der Waals surface area contributed by atoms with Crippen LogP contribution in [0.2, 0.25) is 0 Å². The lowest BCUT2D eigenvalue weighted by atomic mass is 10.0. The first-order valence-electron chi connectivity index (χ1n) is 7.48. The predicted octanol–water partition coefficient (Wildman–Crippen LogP) is 5.17. The van der Waals surface area contributed by atoms with Gasteiger partial charge < -0.3 is 5.11 Å². The number of aryl methyl sites for hydroxylation is 1. The molecule has 0 aliphatic carbocycles. The zero-order valence-corrected chi connectivity index (χ0v) is 12.0. The number of aliphatic hydroxyl groups is 1. The van der Waals surface area contributed by atoms with Crippen LogP contribution in [0, 0.1) is 6.92 Å². The number of hydrogen-bond donors (Lipinski definition) is 1. The highest BCUT2D eigenvalue weighted by atomic mass is 16.3. The van der Waals surface area contributed by atoms with E-state index in [9.17, 15) is 5.11 Å². The average Bonchev–Trinajstić information content (AvgIpc) is 2.37. The molecule has 0 heterocycles. The quantitative estimate of drug-likeness (QED) is 0.598. The molecule has 1 N–H and O–H groups in total. The van der Waals surface area contributed by atoms with Crippen LogP contribution in [0.3, 0.4) is 0 Å². The number of benzene rings is 1. The van der Waals surface area contributed by atoms with Gasteiger partial charge in [-0.2, -0.15) is 0 Å². The van der Waals surface area contributed by atoms with Gasteiger partial charge in [-0.3, -0.25) is 0 Å². The van der Waals surface area contributed by atoms with Gasteiger partial charge in [-0.25, -0.2) is 0 Å². The first kappa shape index (κ1) is 15.2. The van der Waals surface area contributed by atoms with E-state index in [1.165, 1.54) is 44.1 Å². The van der Waals surface area contributed by atoms with Gasteiger partial charge >= 0.3 is 0 Å². The maximum atomic E-state index is 10.1. The maximum absolute atomic E-state index is 10.1. The second kappa shape index (κ2) is 9.16. The molecule has 0 saturated heterocycles. The van der Waals surface area contributed by atoms with Crippen molar-refractivity contribution in [1.82, 2.24) is 0 Å². The van der Waals surface area contributed by atoms with E-state index in [1.807, 2.05) is 12.1 Å². The molecule has 1 nitrogen and oxygen atoms in total. The van der Waals surface area contributed by atoms with Gasteiger partial charge in [0, 0.05) is 0 Å². The van der Waals surface area contributed by atoms with Gasteiger partial charge in [0.1, 0.15) is 0 Å². The third-order valence-corrected chi connectivity index (χ3v) is 3.51. The molecule has 18 heavy (non-hydrogen) atoms. The van der Waals surface area contributed by atoms with E-state index in [-0.39, 0.29) is 6.10 Å². The highest BCUT2D eigenvalue weighted by Gasteiger charge is 2.06. The summed E-state index contributed by atoms with van der Waals surface area (Å²) in [7, 11) is 0. The van der Waals surface area contributed by atoms with Gasteiger partial charge in [-0.05, 0) is 18.9 Å². The van der Waals surface area contributed by atoms with Crippen LogP contribution in [0.4, 0.5) is 0 Å². The molecule has 0 aliphatic rings. The molecule has 1 unspecified atom stereocenters. The lowest BCUT2D eigenvalue weighted by Gasteiger charge is -2.11. The van der Waals surface area contributed by atoms with Crippen LogP contribution in [0.5, 0.6) is 0 Å². The molecule has 1 heteroatoms. The Bertz CT molecular complexity index is 319. The molecule has 0 spiro atoms. The van der Waals surface area contributed by atoms with Crippen LogP contribution in [0.1, 0.15) is 75.5 Å². The molecular formula is C17H28O. The van der Waals surface area contributed by atoms with Crippen molar-refractivity contribution in [2.45, 2.75) is 71.3 Å². The zero-order chi connectivity index (χ0) is 13.2. The topological polar surface area (TPSA) is 20.2 Å². The van der Waals surface area contributed by atoms with E-state index in [0.29, 0.717) is 0 Å². The van der Waals surface area contributed by atoms with Crippen LogP contribution in [-0.2, 0) is 0 Å². The molecule has 102 valence electrons. The molecule has 0 saturated carbocycles. The van der Waals surface area contributed by atoms with E-state index in [2.05, 4.69) is 26.0 Å². The molecule has 0 aliphatic heterocycles. The van der Waals surface area contributed by atoms with Crippen LogP contribution >= 0.6 is 0 Å². The van der Waals surface area contributed by atoms with E-state index in [1.54, 1.807) is 0 Å². The molecule has 0 radical (unpaired) electrons. The summed E-state index contributed by atoms with van der Waals surface area (Å²) in [4.78, 5) is 0. The standard InChI is InChI=1S/C17H28O/c1-3-4-5-6-7-8-9-13-17(18)16-12-10-11-15(2)14-16/h10-12,14,17-18H,3-9,13H2,1-2H3. The Balaban J connectivity index is 2.12. The predicted molar refractivity (Wildman–Crippen MR) is 78.7 cm³/mol. The average molecular weight is 248 g/mol. The lowest BCUT2D eigenvalue weighted by molar-refractivity contribution is 0.163. The maximum Gasteiger partial charge on any atom is 0.0790 e. The minimum absolute atomic E-state index is 0.277. The summed E-state index contributed by atoms with van der Waals surface area (Å²) >= 11 is 0.